The summed E-state index contributed by atoms with van der Waals surface area (Å²) in [6.45, 7) is 5.27. The fraction of sp³-hybridized carbons (Fsp3) is 0.200. The first-order valence-corrected chi connectivity index (χ1v) is 9.34. The maximum absolute atomic E-state index is 12.6. The highest BCUT2D eigenvalue weighted by Gasteiger charge is 2.23. The average Bonchev–Trinajstić information content (AvgIpc) is 2.55. The molecule has 4 nitrogen and oxygen atoms in total. The summed E-state index contributed by atoms with van der Waals surface area (Å²) in [4.78, 5) is 16.9. The van der Waals surface area contributed by atoms with E-state index in [1.807, 2.05) is 24.3 Å². The number of aliphatic imine (C=N–C) groups is 1. The van der Waals surface area contributed by atoms with Crippen molar-refractivity contribution in [3.8, 4) is 0 Å². The van der Waals surface area contributed by atoms with Crippen molar-refractivity contribution in [1.29, 1.82) is 0 Å². The second-order valence-electron chi connectivity index (χ2n) is 6.48. The molecule has 0 saturated carbocycles. The van der Waals surface area contributed by atoms with Gasteiger partial charge in [0, 0.05) is 15.3 Å². The number of esters is 1. The van der Waals surface area contributed by atoms with Gasteiger partial charge in [0.15, 0.2) is 0 Å². The van der Waals surface area contributed by atoms with E-state index in [-0.39, 0.29) is 11.3 Å². The largest absolute Gasteiger partial charge is 0.506 e. The molecule has 0 fully saturated rings. The van der Waals surface area contributed by atoms with E-state index in [1.165, 1.54) is 6.21 Å². The molecular formula is C20H19ClINO3. The molecule has 0 bridgehead atoms. The Balaban J connectivity index is 2.48. The summed E-state index contributed by atoms with van der Waals surface area (Å²) in [5, 5.41) is 11.0. The van der Waals surface area contributed by atoms with Gasteiger partial charge >= 0.3 is 5.97 Å². The van der Waals surface area contributed by atoms with Gasteiger partial charge in [0.25, 0.3) is 0 Å². The van der Waals surface area contributed by atoms with Crippen molar-refractivity contribution in [2.45, 2.75) is 26.4 Å². The minimum Gasteiger partial charge on any atom is -0.506 e. The summed E-state index contributed by atoms with van der Waals surface area (Å²) in [6, 6.07) is 14.2. The molecule has 2 aromatic carbocycles. The molecule has 0 spiro atoms. The number of aliphatic hydroxyl groups is 1. The summed E-state index contributed by atoms with van der Waals surface area (Å²) in [5.74, 6) is -0.955. The minimum absolute atomic E-state index is 0.0634. The monoisotopic (exact) mass is 483 g/mol. The predicted molar refractivity (Wildman–Crippen MR) is 114 cm³/mol. The van der Waals surface area contributed by atoms with Crippen LogP contribution in [0.15, 0.2) is 59.1 Å². The molecule has 136 valence electrons. The maximum Gasteiger partial charge on any atom is 0.344 e. The van der Waals surface area contributed by atoms with Crippen LogP contribution in [-0.2, 0) is 9.53 Å². The fourth-order valence-electron chi connectivity index (χ4n) is 2.01. The van der Waals surface area contributed by atoms with Gasteiger partial charge in [0.1, 0.15) is 16.9 Å². The zero-order chi connectivity index (χ0) is 19.3. The Labute approximate surface area is 171 Å². The van der Waals surface area contributed by atoms with Crippen LogP contribution in [0, 0.1) is 3.57 Å². The highest BCUT2D eigenvalue weighted by atomic mass is 127. The maximum atomic E-state index is 12.6. The molecule has 1 N–H and O–H groups in total. The van der Waals surface area contributed by atoms with Crippen molar-refractivity contribution in [2.24, 2.45) is 4.99 Å². The Kier molecular flexibility index (Phi) is 6.83. The minimum atomic E-state index is -0.709. The van der Waals surface area contributed by atoms with Crippen LogP contribution in [0.4, 0.5) is 5.69 Å². The number of benzene rings is 2. The average molecular weight is 484 g/mol. The third kappa shape index (κ3) is 5.85. The van der Waals surface area contributed by atoms with E-state index in [9.17, 15) is 9.90 Å². The van der Waals surface area contributed by atoms with Crippen LogP contribution in [-0.4, -0.2) is 22.9 Å². The second-order valence-corrected chi connectivity index (χ2v) is 8.13. The molecule has 26 heavy (non-hydrogen) atoms. The summed E-state index contributed by atoms with van der Waals surface area (Å²) >= 11 is 8.34. The topological polar surface area (TPSA) is 58.9 Å². The van der Waals surface area contributed by atoms with Crippen molar-refractivity contribution in [3.05, 3.63) is 68.3 Å². The second kappa shape index (κ2) is 8.68. The molecule has 0 aliphatic rings. The Hall–Kier alpha value is -1.86. The van der Waals surface area contributed by atoms with Crippen LogP contribution in [0.5, 0.6) is 0 Å². The van der Waals surface area contributed by atoms with Crippen LogP contribution in [0.25, 0.3) is 5.76 Å². The highest BCUT2D eigenvalue weighted by Crippen LogP contribution is 2.26. The van der Waals surface area contributed by atoms with Gasteiger partial charge in [-0.3, -0.25) is 4.99 Å². The van der Waals surface area contributed by atoms with Crippen LogP contribution in [0.2, 0.25) is 5.02 Å². The standard InChI is InChI=1S/C20H19ClINO3/c1-20(2,3)26-19(25)16(12-23-14-10-8-13(22)9-11-14)18(24)15-6-4-5-7-17(15)21/h4-12,24H,1-3H3. The smallest absolute Gasteiger partial charge is 0.344 e. The molecule has 0 heterocycles. The number of hydrogen-bond acceptors (Lipinski definition) is 4. The molecule has 0 saturated heterocycles. The molecule has 2 aromatic rings. The van der Waals surface area contributed by atoms with Gasteiger partial charge in [-0.25, -0.2) is 4.79 Å². The van der Waals surface area contributed by atoms with Crippen molar-refractivity contribution < 1.29 is 14.6 Å². The molecule has 0 unspecified atom stereocenters. The van der Waals surface area contributed by atoms with Crippen molar-refractivity contribution in [3.63, 3.8) is 0 Å². The number of ether oxygens (including phenoxy) is 1. The van der Waals surface area contributed by atoms with Crippen LogP contribution in [0.1, 0.15) is 26.3 Å². The normalized spacial score (nSPS) is 12.8. The van der Waals surface area contributed by atoms with Gasteiger partial charge in [0.2, 0.25) is 0 Å². The molecule has 0 aliphatic heterocycles. The SMILES string of the molecule is CC(C)(C)OC(=O)C(C=Nc1ccc(I)cc1)=C(O)c1ccccc1Cl. The lowest BCUT2D eigenvalue weighted by Gasteiger charge is -2.20. The summed E-state index contributed by atoms with van der Waals surface area (Å²) in [6.07, 6.45) is 1.30. The van der Waals surface area contributed by atoms with Gasteiger partial charge in [-0.05, 0) is 79.8 Å². The highest BCUT2D eigenvalue weighted by molar-refractivity contribution is 14.1. The fourth-order valence-corrected chi connectivity index (χ4v) is 2.59. The van der Waals surface area contributed by atoms with Crippen molar-refractivity contribution >= 4 is 57.8 Å². The number of halogens is 2. The Morgan fingerprint density at radius 1 is 1.15 bits per heavy atom. The first-order valence-electron chi connectivity index (χ1n) is 7.88. The number of hydrogen-bond donors (Lipinski definition) is 1. The molecule has 0 amide bonds. The van der Waals surface area contributed by atoms with Crippen LogP contribution >= 0.6 is 34.2 Å². The van der Waals surface area contributed by atoms with E-state index >= 15 is 0 Å². The third-order valence-corrected chi connectivity index (χ3v) is 4.22. The van der Waals surface area contributed by atoms with Gasteiger partial charge in [-0.2, -0.15) is 0 Å². The first-order chi connectivity index (χ1) is 12.2. The van der Waals surface area contributed by atoms with Crippen molar-refractivity contribution in [2.75, 3.05) is 0 Å². The van der Waals surface area contributed by atoms with E-state index in [4.69, 9.17) is 16.3 Å². The Morgan fingerprint density at radius 2 is 1.77 bits per heavy atom. The van der Waals surface area contributed by atoms with Crippen molar-refractivity contribution in [1.82, 2.24) is 0 Å². The lowest BCUT2D eigenvalue weighted by atomic mass is 10.1. The van der Waals surface area contributed by atoms with Crippen LogP contribution < -0.4 is 0 Å². The number of aliphatic hydroxyl groups excluding tert-OH is 1. The van der Waals surface area contributed by atoms with Gasteiger partial charge in [0.05, 0.1) is 10.7 Å². The lowest BCUT2D eigenvalue weighted by molar-refractivity contribution is -0.149. The molecule has 0 atom stereocenters. The van der Waals surface area contributed by atoms with E-state index < -0.39 is 11.6 Å². The molecule has 6 heteroatoms. The molecule has 2 rings (SSSR count). The Morgan fingerprint density at radius 3 is 2.35 bits per heavy atom. The van der Waals surface area contributed by atoms with E-state index in [1.54, 1.807) is 45.0 Å². The molecular weight excluding hydrogens is 465 g/mol. The number of rotatable bonds is 4. The van der Waals surface area contributed by atoms with Gasteiger partial charge < -0.3 is 9.84 Å². The quantitative estimate of drug-likeness (QED) is 0.192. The molecule has 0 aromatic heterocycles. The number of carbonyl (C=O) groups is 1. The summed E-state index contributed by atoms with van der Waals surface area (Å²) < 4.78 is 6.47. The Bertz CT molecular complexity index is 852. The molecule has 0 radical (unpaired) electrons. The van der Waals surface area contributed by atoms with Gasteiger partial charge in [-0.1, -0.05) is 23.7 Å². The first kappa shape index (κ1) is 20.5. The van der Waals surface area contributed by atoms with Crippen LogP contribution in [0.3, 0.4) is 0 Å². The zero-order valence-corrected chi connectivity index (χ0v) is 17.6. The van der Waals surface area contributed by atoms with E-state index in [0.717, 1.165) is 3.57 Å². The zero-order valence-electron chi connectivity index (χ0n) is 14.7. The van der Waals surface area contributed by atoms with E-state index in [2.05, 4.69) is 27.6 Å². The van der Waals surface area contributed by atoms with E-state index in [0.29, 0.717) is 16.3 Å². The third-order valence-electron chi connectivity index (χ3n) is 3.17. The number of nitrogens with zero attached hydrogens (tertiary/aromatic N) is 1. The predicted octanol–water partition coefficient (Wildman–Crippen LogP) is 5.96. The lowest BCUT2D eigenvalue weighted by Crippen LogP contribution is -2.25. The summed E-state index contributed by atoms with van der Waals surface area (Å²) in [5.41, 5.74) is 0.217. The molecule has 0 aliphatic carbocycles. The number of carbonyl (C=O) groups excluding carboxylic acids is 1. The van der Waals surface area contributed by atoms with Gasteiger partial charge in [-0.15, -0.1) is 0 Å². The summed E-state index contributed by atoms with van der Waals surface area (Å²) in [7, 11) is 0.